The smallest absolute Gasteiger partial charge is 0.159 e. The first kappa shape index (κ1) is 30.2. The quantitative estimate of drug-likeness (QED) is 0.205. The number of halogens is 2. The van der Waals surface area contributed by atoms with Crippen molar-refractivity contribution in [3.63, 3.8) is 0 Å². The molecule has 0 bridgehead atoms. The Morgan fingerprint density at radius 2 is 1.95 bits per heavy atom. The first-order valence-electron chi connectivity index (χ1n) is 13.3. The van der Waals surface area contributed by atoms with Crippen LogP contribution in [0.15, 0.2) is 47.8 Å². The number of aromatic nitrogens is 1. The molecule has 6 nitrogen and oxygen atoms in total. The molecule has 1 N–H and O–H groups in total. The third-order valence-corrected chi connectivity index (χ3v) is 7.33. The van der Waals surface area contributed by atoms with E-state index in [4.69, 9.17) is 4.84 Å². The molecule has 0 aliphatic carbocycles. The minimum Gasteiger partial charge on any atom is -0.392 e. The average Bonchev–Trinajstić information content (AvgIpc) is 2.88. The third kappa shape index (κ3) is 7.40. The molecule has 1 aromatic carbocycles. The summed E-state index contributed by atoms with van der Waals surface area (Å²) >= 11 is 0. The molecular weight excluding hydrogens is 498 g/mol. The van der Waals surface area contributed by atoms with Crippen molar-refractivity contribution in [2.45, 2.75) is 67.0 Å². The van der Waals surface area contributed by atoms with Gasteiger partial charge in [0.25, 0.3) is 0 Å². The largest absolute Gasteiger partial charge is 0.392 e. The second-order valence-electron chi connectivity index (χ2n) is 10.2. The van der Waals surface area contributed by atoms with Gasteiger partial charge < -0.3 is 5.32 Å². The van der Waals surface area contributed by atoms with Crippen LogP contribution in [-0.2, 0) is 4.84 Å². The van der Waals surface area contributed by atoms with Gasteiger partial charge in [-0.1, -0.05) is 27.5 Å². The number of aryl methyl sites for hydroxylation is 2. The number of carbonyl (C=O) groups is 1. The van der Waals surface area contributed by atoms with Crippen molar-refractivity contribution in [3.05, 3.63) is 81.6 Å². The lowest BCUT2D eigenvalue weighted by atomic mass is 9.92. The maximum Gasteiger partial charge on any atom is 0.159 e. The fraction of sp³-hybridized carbons (Fsp3) is 0.419. The molecule has 0 fully saturated rings. The topological polar surface area (TPSA) is 57.7 Å². The standard InChI is InChI=1S/C31H40F2N4O2/c1-19(16-28-23(5)35-12-9-30(28)37(33)39-22(4)17-21(3)34-8)24(6)36-13-10-26(11-14-36)31-20(2)15-27(25(7)38)18-29(31)32/h9-10,12,15-18,22,24,34H,11,13-14H2,1-8H3/b19-16+,21-17+. The molecule has 0 amide bonds. The van der Waals surface area contributed by atoms with E-state index in [2.05, 4.69) is 28.2 Å². The number of benzene rings is 1. The van der Waals surface area contributed by atoms with Crippen LogP contribution in [0.2, 0.25) is 0 Å². The van der Waals surface area contributed by atoms with Crippen LogP contribution in [0.1, 0.15) is 73.8 Å². The Morgan fingerprint density at radius 1 is 1.23 bits per heavy atom. The lowest BCUT2D eigenvalue weighted by Gasteiger charge is -2.33. The summed E-state index contributed by atoms with van der Waals surface area (Å²) in [6.07, 6.45) is 7.60. The van der Waals surface area contributed by atoms with Crippen molar-refractivity contribution in [2.24, 2.45) is 0 Å². The van der Waals surface area contributed by atoms with Crippen molar-refractivity contribution in [1.29, 1.82) is 0 Å². The summed E-state index contributed by atoms with van der Waals surface area (Å²) in [5.74, 6) is -0.499. The number of rotatable bonds is 10. The van der Waals surface area contributed by atoms with E-state index >= 15 is 4.48 Å². The minimum absolute atomic E-state index is 0.0652. The summed E-state index contributed by atoms with van der Waals surface area (Å²) < 4.78 is 30.1. The van der Waals surface area contributed by atoms with E-state index in [-0.39, 0.29) is 23.3 Å². The van der Waals surface area contributed by atoms with Gasteiger partial charge in [-0.2, -0.15) is 0 Å². The van der Waals surface area contributed by atoms with E-state index in [1.54, 1.807) is 38.4 Å². The zero-order valence-electron chi connectivity index (χ0n) is 24.2. The Balaban J connectivity index is 1.79. The summed E-state index contributed by atoms with van der Waals surface area (Å²) in [5, 5.41) is 3.32. The van der Waals surface area contributed by atoms with Crippen LogP contribution in [-0.4, -0.2) is 48.0 Å². The summed E-state index contributed by atoms with van der Waals surface area (Å²) in [6.45, 7) is 14.3. The zero-order chi connectivity index (χ0) is 28.9. The number of hydrogen-bond donors (Lipinski definition) is 1. The van der Waals surface area contributed by atoms with Gasteiger partial charge in [0.1, 0.15) is 17.6 Å². The number of anilines is 1. The monoisotopic (exact) mass is 538 g/mol. The maximum atomic E-state index is 15.2. The SMILES string of the molecule is CN/C(C)=C/C(C)ON(F)c1ccnc(C)c1/C=C(\C)C(C)N1CC=C(c2c(C)cc(C(C)=O)cc2F)CC1. The molecule has 1 aromatic heterocycles. The highest BCUT2D eigenvalue weighted by atomic mass is 19.2. The number of ketones is 1. The van der Waals surface area contributed by atoms with Crippen LogP contribution < -0.4 is 10.6 Å². The highest BCUT2D eigenvalue weighted by Gasteiger charge is 2.23. The Hall–Kier alpha value is -3.36. The molecule has 2 heterocycles. The van der Waals surface area contributed by atoms with Crippen molar-refractivity contribution in [3.8, 4) is 0 Å². The molecule has 210 valence electrons. The molecule has 0 saturated heterocycles. The minimum atomic E-state index is -0.478. The van der Waals surface area contributed by atoms with Crippen LogP contribution in [0.5, 0.6) is 0 Å². The summed E-state index contributed by atoms with van der Waals surface area (Å²) in [5.41, 5.74) is 6.28. The third-order valence-electron chi connectivity index (χ3n) is 7.33. The van der Waals surface area contributed by atoms with E-state index in [9.17, 15) is 9.18 Å². The van der Waals surface area contributed by atoms with Gasteiger partial charge >= 0.3 is 0 Å². The number of carbonyl (C=O) groups excluding carboxylic acids is 1. The van der Waals surface area contributed by atoms with Crippen molar-refractivity contribution >= 4 is 23.1 Å². The predicted molar refractivity (Wildman–Crippen MR) is 154 cm³/mol. The molecular formula is C31H40F2N4O2. The lowest BCUT2D eigenvalue weighted by Crippen LogP contribution is -2.37. The molecule has 1 aliphatic heterocycles. The van der Waals surface area contributed by atoms with Crippen LogP contribution in [0.4, 0.5) is 14.6 Å². The van der Waals surface area contributed by atoms with Gasteiger partial charge in [-0.25, -0.2) is 9.23 Å². The number of hydrogen-bond acceptors (Lipinski definition) is 6. The van der Waals surface area contributed by atoms with Crippen LogP contribution in [0.25, 0.3) is 11.6 Å². The molecule has 3 rings (SSSR count). The fourth-order valence-electron chi connectivity index (χ4n) is 4.82. The van der Waals surface area contributed by atoms with Crippen molar-refractivity contribution in [2.75, 3.05) is 25.4 Å². The normalized spacial score (nSPS) is 16.5. The highest BCUT2D eigenvalue weighted by Crippen LogP contribution is 2.31. The van der Waals surface area contributed by atoms with Crippen molar-refractivity contribution < 1.29 is 18.5 Å². The Bertz CT molecular complexity index is 1280. The molecule has 2 atom stereocenters. The van der Waals surface area contributed by atoms with Gasteiger partial charge in [0.15, 0.2) is 5.78 Å². The van der Waals surface area contributed by atoms with E-state index in [1.165, 1.54) is 13.0 Å². The van der Waals surface area contributed by atoms with Gasteiger partial charge in [-0.3, -0.25) is 14.7 Å². The number of pyridine rings is 1. The Labute approximate surface area is 230 Å². The molecule has 2 unspecified atom stereocenters. The molecule has 0 spiro atoms. The van der Waals surface area contributed by atoms with Gasteiger partial charge in [-0.05, 0) is 90.3 Å². The summed E-state index contributed by atoms with van der Waals surface area (Å²) in [7, 11) is 1.80. The Kier molecular flexibility index (Phi) is 10.2. The first-order valence-corrected chi connectivity index (χ1v) is 13.3. The summed E-state index contributed by atoms with van der Waals surface area (Å²) in [4.78, 5) is 23.8. The number of nitrogens with one attached hydrogen (secondary N) is 1. The van der Waals surface area contributed by atoms with E-state index < -0.39 is 6.10 Å². The molecule has 0 saturated carbocycles. The lowest BCUT2D eigenvalue weighted by molar-refractivity contribution is -0.00738. The average molecular weight is 539 g/mol. The van der Waals surface area contributed by atoms with Gasteiger partial charge in [0.05, 0.1) is 0 Å². The maximum absolute atomic E-state index is 15.2. The number of Topliss-reactive ketones (excluding diaryl/α,β-unsaturated/α-hetero) is 1. The van der Waals surface area contributed by atoms with Crippen LogP contribution in [0.3, 0.4) is 0 Å². The van der Waals surface area contributed by atoms with Gasteiger partial charge in [-0.15, -0.1) is 0 Å². The molecule has 1 aliphatic rings. The second-order valence-corrected chi connectivity index (χ2v) is 10.2. The van der Waals surface area contributed by atoms with Crippen LogP contribution in [0, 0.1) is 19.7 Å². The molecule has 0 radical (unpaired) electrons. The molecule has 2 aromatic rings. The molecule has 8 heteroatoms. The van der Waals surface area contributed by atoms with E-state index in [1.807, 2.05) is 33.8 Å². The summed E-state index contributed by atoms with van der Waals surface area (Å²) in [6, 6.07) is 4.75. The van der Waals surface area contributed by atoms with Crippen molar-refractivity contribution in [1.82, 2.24) is 15.2 Å². The van der Waals surface area contributed by atoms with Crippen LogP contribution >= 0.6 is 0 Å². The second kappa shape index (κ2) is 13.1. The Morgan fingerprint density at radius 3 is 2.54 bits per heavy atom. The van der Waals surface area contributed by atoms with E-state index in [0.29, 0.717) is 40.6 Å². The zero-order valence-corrected chi connectivity index (χ0v) is 24.2. The fourth-order valence-corrected chi connectivity index (χ4v) is 4.82. The number of allylic oxidation sites excluding steroid dienone is 1. The number of nitrogens with zero attached hydrogens (tertiary/aromatic N) is 3. The van der Waals surface area contributed by atoms with E-state index in [0.717, 1.165) is 29.0 Å². The first-order chi connectivity index (χ1) is 18.4. The predicted octanol–water partition coefficient (Wildman–Crippen LogP) is 6.76. The highest BCUT2D eigenvalue weighted by molar-refractivity contribution is 5.94. The van der Waals surface area contributed by atoms with Gasteiger partial charge in [0, 0.05) is 60.5 Å². The molecule has 39 heavy (non-hydrogen) atoms. The van der Waals surface area contributed by atoms with Gasteiger partial charge in [0.2, 0.25) is 0 Å².